The third-order valence-electron chi connectivity index (χ3n) is 5.42. The number of hydrogen-bond acceptors (Lipinski definition) is 5. The third-order valence-corrected chi connectivity index (χ3v) is 5.42. The molecule has 2 fully saturated rings. The van der Waals surface area contributed by atoms with Crippen molar-refractivity contribution in [2.24, 2.45) is 0 Å². The second kappa shape index (κ2) is 6.99. The lowest BCUT2D eigenvalue weighted by Crippen LogP contribution is -2.49. The van der Waals surface area contributed by atoms with Gasteiger partial charge in [0.15, 0.2) is 0 Å². The number of carbonyl (C=O) groups excluding carboxylic acids is 1. The van der Waals surface area contributed by atoms with Crippen LogP contribution in [-0.2, 0) is 11.2 Å². The Morgan fingerprint density at radius 1 is 1.36 bits per heavy atom. The number of piperidine rings is 1. The van der Waals surface area contributed by atoms with Crippen LogP contribution in [0, 0.1) is 13.8 Å². The summed E-state index contributed by atoms with van der Waals surface area (Å²) in [7, 11) is 0. The third kappa shape index (κ3) is 3.84. The number of aryl methyl sites for hydroxylation is 2. The van der Waals surface area contributed by atoms with Crippen molar-refractivity contribution in [2.45, 2.75) is 57.5 Å². The van der Waals surface area contributed by atoms with Crippen molar-refractivity contribution in [1.29, 1.82) is 0 Å². The van der Waals surface area contributed by atoms with Gasteiger partial charge in [-0.1, -0.05) is 5.16 Å². The van der Waals surface area contributed by atoms with E-state index in [1.54, 1.807) is 16.7 Å². The molecule has 0 saturated carbocycles. The zero-order valence-corrected chi connectivity index (χ0v) is 14.7. The molecule has 0 unspecified atom stereocenters. The van der Waals surface area contributed by atoms with Gasteiger partial charge in [0.2, 0.25) is 5.91 Å². The van der Waals surface area contributed by atoms with Gasteiger partial charge in [-0.3, -0.25) is 9.69 Å². The number of halogens is 2. The van der Waals surface area contributed by atoms with Gasteiger partial charge in [0.25, 0.3) is 5.92 Å². The quantitative estimate of drug-likeness (QED) is 0.885. The highest BCUT2D eigenvalue weighted by atomic mass is 19.3. The van der Waals surface area contributed by atoms with Gasteiger partial charge >= 0.3 is 0 Å². The maximum Gasteiger partial charge on any atom is 0.262 e. The summed E-state index contributed by atoms with van der Waals surface area (Å²) < 4.78 is 32.4. The van der Waals surface area contributed by atoms with Gasteiger partial charge in [-0.25, -0.2) is 8.78 Å². The molecule has 0 bridgehead atoms. The summed E-state index contributed by atoms with van der Waals surface area (Å²) in [5, 5.41) is 13.2. The van der Waals surface area contributed by atoms with Gasteiger partial charge < -0.3 is 14.5 Å². The van der Waals surface area contributed by atoms with Crippen LogP contribution >= 0.6 is 0 Å². The van der Waals surface area contributed by atoms with Crippen LogP contribution in [0.5, 0.6) is 0 Å². The van der Waals surface area contributed by atoms with E-state index in [0.29, 0.717) is 31.7 Å². The van der Waals surface area contributed by atoms with Crippen molar-refractivity contribution >= 4 is 5.91 Å². The number of nitrogens with zero attached hydrogens (tertiary/aromatic N) is 3. The molecule has 0 radical (unpaired) electrons. The highest BCUT2D eigenvalue weighted by molar-refractivity contribution is 5.79. The molecule has 0 aromatic carbocycles. The van der Waals surface area contributed by atoms with E-state index in [9.17, 15) is 18.7 Å². The molecule has 3 rings (SSSR count). The predicted octanol–water partition coefficient (Wildman–Crippen LogP) is 1.53. The van der Waals surface area contributed by atoms with Gasteiger partial charge in [-0.2, -0.15) is 0 Å². The molecule has 1 aromatic rings. The van der Waals surface area contributed by atoms with Crippen molar-refractivity contribution in [3.63, 3.8) is 0 Å². The van der Waals surface area contributed by atoms with Crippen LogP contribution in [-0.4, -0.2) is 70.2 Å². The standard InChI is InChI=1S/C17H25F2N3O3/c1-11-15(12(2)25-20-11)7-16(24)21-5-3-13(4-6-21)22-10-17(18,19)8-14(22)9-23/h13-14,23H,3-10H2,1-2H3/t14-/m0/s1. The summed E-state index contributed by atoms with van der Waals surface area (Å²) in [5.74, 6) is -2.06. The molecule has 0 aliphatic carbocycles. The monoisotopic (exact) mass is 357 g/mol. The van der Waals surface area contributed by atoms with E-state index in [0.717, 1.165) is 11.3 Å². The summed E-state index contributed by atoms with van der Waals surface area (Å²) in [4.78, 5) is 16.0. The minimum Gasteiger partial charge on any atom is -0.395 e. The Morgan fingerprint density at radius 3 is 2.60 bits per heavy atom. The molecular formula is C17H25F2N3O3. The van der Waals surface area contributed by atoms with Crippen molar-refractivity contribution in [3.05, 3.63) is 17.0 Å². The molecule has 1 atom stereocenters. The van der Waals surface area contributed by atoms with Gasteiger partial charge in [0.05, 0.1) is 25.3 Å². The van der Waals surface area contributed by atoms with Crippen LogP contribution in [0.3, 0.4) is 0 Å². The van der Waals surface area contributed by atoms with Crippen LogP contribution in [0.25, 0.3) is 0 Å². The minimum atomic E-state index is -2.73. The predicted molar refractivity (Wildman–Crippen MR) is 86.4 cm³/mol. The molecule has 1 amide bonds. The van der Waals surface area contributed by atoms with Crippen LogP contribution in [0.15, 0.2) is 4.52 Å². The SMILES string of the molecule is Cc1noc(C)c1CC(=O)N1CCC(N2CC(F)(F)C[C@H]2CO)CC1. The topological polar surface area (TPSA) is 69.8 Å². The first-order valence-electron chi connectivity index (χ1n) is 8.74. The number of amides is 1. The molecule has 1 aromatic heterocycles. The molecule has 3 heterocycles. The highest BCUT2D eigenvalue weighted by Gasteiger charge is 2.47. The van der Waals surface area contributed by atoms with Gasteiger partial charge in [-0.05, 0) is 26.7 Å². The number of hydrogen-bond donors (Lipinski definition) is 1. The molecule has 2 aliphatic rings. The second-order valence-corrected chi connectivity index (χ2v) is 7.16. The Balaban J connectivity index is 1.56. The molecule has 8 heteroatoms. The molecule has 140 valence electrons. The van der Waals surface area contributed by atoms with Crippen molar-refractivity contribution in [2.75, 3.05) is 26.2 Å². The van der Waals surface area contributed by atoms with E-state index in [1.807, 2.05) is 6.92 Å². The molecular weight excluding hydrogens is 332 g/mol. The largest absolute Gasteiger partial charge is 0.395 e. The fraction of sp³-hybridized carbons (Fsp3) is 0.765. The van der Waals surface area contributed by atoms with E-state index >= 15 is 0 Å². The maximum atomic E-state index is 13.6. The fourth-order valence-corrected chi connectivity index (χ4v) is 3.98. The van der Waals surface area contributed by atoms with Crippen LogP contribution in [0.4, 0.5) is 8.78 Å². The first-order chi connectivity index (χ1) is 11.8. The van der Waals surface area contributed by atoms with E-state index in [1.165, 1.54) is 0 Å². The van der Waals surface area contributed by atoms with Crippen molar-refractivity contribution in [3.8, 4) is 0 Å². The first-order valence-corrected chi connectivity index (χ1v) is 8.74. The summed E-state index contributed by atoms with van der Waals surface area (Å²) in [5.41, 5.74) is 1.55. The fourth-order valence-electron chi connectivity index (χ4n) is 3.98. The molecule has 1 N–H and O–H groups in total. The van der Waals surface area contributed by atoms with Crippen LogP contribution in [0.2, 0.25) is 0 Å². The van der Waals surface area contributed by atoms with Crippen molar-refractivity contribution in [1.82, 2.24) is 15.0 Å². The molecule has 2 aliphatic heterocycles. The zero-order valence-electron chi connectivity index (χ0n) is 14.7. The summed E-state index contributed by atoms with van der Waals surface area (Å²) in [6.07, 6.45) is 1.28. The van der Waals surface area contributed by atoms with E-state index in [4.69, 9.17) is 4.52 Å². The summed E-state index contributed by atoms with van der Waals surface area (Å²) in [6.45, 7) is 4.16. The lowest BCUT2D eigenvalue weighted by Gasteiger charge is -2.38. The molecule has 6 nitrogen and oxygen atoms in total. The normalized spacial score (nSPS) is 24.8. The van der Waals surface area contributed by atoms with Gasteiger partial charge in [-0.15, -0.1) is 0 Å². The number of likely N-dealkylation sites (tertiary alicyclic amines) is 2. The van der Waals surface area contributed by atoms with E-state index in [2.05, 4.69) is 5.16 Å². The molecule has 2 saturated heterocycles. The Hall–Kier alpha value is -1.54. The Kier molecular flexibility index (Phi) is 5.11. The first kappa shape index (κ1) is 18.3. The number of aliphatic hydroxyl groups excluding tert-OH is 1. The lowest BCUT2D eigenvalue weighted by molar-refractivity contribution is -0.132. The highest BCUT2D eigenvalue weighted by Crippen LogP contribution is 2.35. The Bertz CT molecular complexity index is 607. The zero-order chi connectivity index (χ0) is 18.2. The second-order valence-electron chi connectivity index (χ2n) is 7.16. The van der Waals surface area contributed by atoms with Gasteiger partial charge in [0, 0.05) is 37.2 Å². The maximum absolute atomic E-state index is 13.6. The summed E-state index contributed by atoms with van der Waals surface area (Å²) >= 11 is 0. The van der Waals surface area contributed by atoms with E-state index < -0.39 is 12.0 Å². The average Bonchev–Trinajstić information content (AvgIpc) is 3.07. The summed E-state index contributed by atoms with van der Waals surface area (Å²) in [6, 6.07) is -0.488. The van der Waals surface area contributed by atoms with Crippen molar-refractivity contribution < 1.29 is 23.2 Å². The number of aromatic nitrogens is 1. The molecule has 25 heavy (non-hydrogen) atoms. The van der Waals surface area contributed by atoms with Crippen LogP contribution in [0.1, 0.15) is 36.3 Å². The van der Waals surface area contributed by atoms with Crippen LogP contribution < -0.4 is 0 Å². The number of alkyl halides is 2. The number of aliphatic hydroxyl groups is 1. The minimum absolute atomic E-state index is 0.00589. The lowest BCUT2D eigenvalue weighted by atomic mass is 10.0. The number of rotatable bonds is 4. The molecule has 0 spiro atoms. The van der Waals surface area contributed by atoms with Gasteiger partial charge in [0.1, 0.15) is 5.76 Å². The Morgan fingerprint density at radius 2 is 2.04 bits per heavy atom. The smallest absolute Gasteiger partial charge is 0.262 e. The van der Waals surface area contributed by atoms with E-state index in [-0.39, 0.29) is 37.9 Å². The average molecular weight is 357 g/mol. The Labute approximate surface area is 145 Å². The number of carbonyl (C=O) groups is 1.